The number of halogens is 1. The molecule has 0 aliphatic heterocycles. The number of carbonyl (C=O) groups is 1. The zero-order valence-electron chi connectivity index (χ0n) is 8.50. The smallest absolute Gasteiger partial charge is 0.339 e. The predicted molar refractivity (Wildman–Crippen MR) is 55.5 cm³/mol. The van der Waals surface area contributed by atoms with Gasteiger partial charge in [0.25, 0.3) is 0 Å². The fraction of sp³-hybridized carbons (Fsp3) is 0. The fourth-order valence-electron chi connectivity index (χ4n) is 1.21. The molecule has 17 heavy (non-hydrogen) atoms. The molecular weight excluding hydrogens is 227 g/mol. The summed E-state index contributed by atoms with van der Waals surface area (Å²) in [5, 5.41) is 8.90. The minimum absolute atomic E-state index is 0.0978. The molecule has 1 N–H and O–H groups in total. The molecule has 1 aromatic carbocycles. The third-order valence-corrected chi connectivity index (χ3v) is 1.93. The maximum absolute atomic E-state index is 13.0. The molecule has 0 saturated heterocycles. The second-order valence-electron chi connectivity index (χ2n) is 3.09. The Morgan fingerprint density at radius 3 is 2.82 bits per heavy atom. The maximum Gasteiger partial charge on any atom is 0.339 e. The van der Waals surface area contributed by atoms with Crippen LogP contribution in [0, 0.1) is 5.82 Å². The number of aromatic carboxylic acids is 1. The van der Waals surface area contributed by atoms with Crippen molar-refractivity contribution >= 4 is 5.97 Å². The van der Waals surface area contributed by atoms with Gasteiger partial charge in [-0.15, -0.1) is 0 Å². The average Bonchev–Trinajstić information content (AvgIpc) is 2.30. The fourth-order valence-corrected chi connectivity index (χ4v) is 1.21. The largest absolute Gasteiger partial charge is 0.478 e. The van der Waals surface area contributed by atoms with Crippen molar-refractivity contribution in [3.63, 3.8) is 0 Å². The van der Waals surface area contributed by atoms with Gasteiger partial charge in [-0.2, -0.15) is 0 Å². The summed E-state index contributed by atoms with van der Waals surface area (Å²) in [5.41, 5.74) is -0.142. The maximum atomic E-state index is 13.0. The molecule has 0 radical (unpaired) electrons. The van der Waals surface area contributed by atoms with Crippen LogP contribution in [0.2, 0.25) is 0 Å². The van der Waals surface area contributed by atoms with Gasteiger partial charge >= 0.3 is 5.97 Å². The summed E-state index contributed by atoms with van der Waals surface area (Å²) >= 11 is 0. The van der Waals surface area contributed by atoms with E-state index in [9.17, 15) is 9.18 Å². The topological polar surface area (TPSA) is 72.3 Å². The summed E-state index contributed by atoms with van der Waals surface area (Å²) in [7, 11) is 0. The minimum Gasteiger partial charge on any atom is -0.478 e. The normalized spacial score (nSPS) is 9.94. The van der Waals surface area contributed by atoms with E-state index in [2.05, 4.69) is 9.97 Å². The molecule has 0 unspecified atom stereocenters. The van der Waals surface area contributed by atoms with Gasteiger partial charge in [0.2, 0.25) is 5.88 Å². The van der Waals surface area contributed by atoms with Crippen molar-refractivity contribution in [1.29, 1.82) is 0 Å². The number of hydrogen-bond acceptors (Lipinski definition) is 4. The van der Waals surface area contributed by atoms with Gasteiger partial charge in [-0.1, -0.05) is 0 Å². The molecule has 0 saturated carbocycles. The second-order valence-corrected chi connectivity index (χ2v) is 3.09. The highest BCUT2D eigenvalue weighted by Crippen LogP contribution is 2.24. The first kappa shape index (κ1) is 11.0. The lowest BCUT2D eigenvalue weighted by Gasteiger charge is -2.06. The molecule has 0 spiro atoms. The molecule has 0 amide bonds. The van der Waals surface area contributed by atoms with Gasteiger partial charge in [-0.25, -0.2) is 14.2 Å². The highest BCUT2D eigenvalue weighted by Gasteiger charge is 2.13. The molecule has 1 aromatic heterocycles. The van der Waals surface area contributed by atoms with Crippen molar-refractivity contribution in [2.75, 3.05) is 0 Å². The first-order chi connectivity index (χ1) is 8.16. The van der Waals surface area contributed by atoms with Crippen molar-refractivity contribution in [3.8, 4) is 11.6 Å². The van der Waals surface area contributed by atoms with E-state index >= 15 is 0 Å². The number of carboxylic acids is 1. The number of nitrogens with zero attached hydrogens (tertiary/aromatic N) is 2. The molecule has 6 heteroatoms. The van der Waals surface area contributed by atoms with Crippen molar-refractivity contribution in [2.24, 2.45) is 0 Å². The lowest BCUT2D eigenvalue weighted by Crippen LogP contribution is -2.01. The Kier molecular flexibility index (Phi) is 2.95. The van der Waals surface area contributed by atoms with Crippen molar-refractivity contribution < 1.29 is 19.0 Å². The zero-order valence-corrected chi connectivity index (χ0v) is 8.50. The summed E-state index contributed by atoms with van der Waals surface area (Å²) in [6, 6.07) is 3.16. The number of hydrogen-bond donors (Lipinski definition) is 1. The Morgan fingerprint density at radius 1 is 1.35 bits per heavy atom. The second kappa shape index (κ2) is 4.56. The molecule has 0 fully saturated rings. The number of ether oxygens (including phenoxy) is 1. The van der Waals surface area contributed by atoms with Gasteiger partial charge in [-0.05, 0) is 12.1 Å². The summed E-state index contributed by atoms with van der Waals surface area (Å²) in [6.07, 6.45) is 4.13. The van der Waals surface area contributed by atoms with Gasteiger partial charge in [0.15, 0.2) is 0 Å². The monoisotopic (exact) mass is 234 g/mol. The Hall–Kier alpha value is -2.50. The Balaban J connectivity index is 2.37. The van der Waals surface area contributed by atoms with Crippen molar-refractivity contribution in [3.05, 3.63) is 48.2 Å². The van der Waals surface area contributed by atoms with E-state index in [0.717, 1.165) is 18.2 Å². The highest BCUT2D eigenvalue weighted by molar-refractivity contribution is 5.90. The van der Waals surface area contributed by atoms with Gasteiger partial charge in [0, 0.05) is 18.5 Å². The van der Waals surface area contributed by atoms with Gasteiger partial charge in [-0.3, -0.25) is 4.98 Å². The zero-order chi connectivity index (χ0) is 12.3. The van der Waals surface area contributed by atoms with Crippen molar-refractivity contribution in [2.45, 2.75) is 0 Å². The minimum atomic E-state index is -1.20. The van der Waals surface area contributed by atoms with Gasteiger partial charge in [0.1, 0.15) is 17.1 Å². The summed E-state index contributed by atoms with van der Waals surface area (Å²) in [4.78, 5) is 18.4. The van der Waals surface area contributed by atoms with Gasteiger partial charge < -0.3 is 9.84 Å². The molecule has 0 aliphatic carbocycles. The summed E-state index contributed by atoms with van der Waals surface area (Å²) in [5.74, 6) is -1.81. The average molecular weight is 234 g/mol. The Labute approximate surface area is 95.5 Å². The molecular formula is C11H7FN2O3. The molecule has 86 valence electrons. The lowest BCUT2D eigenvalue weighted by molar-refractivity contribution is 0.0694. The first-order valence-electron chi connectivity index (χ1n) is 4.63. The van der Waals surface area contributed by atoms with E-state index in [1.54, 1.807) is 0 Å². The lowest BCUT2D eigenvalue weighted by atomic mass is 10.2. The molecule has 1 heterocycles. The van der Waals surface area contributed by atoms with Crippen LogP contribution in [0.1, 0.15) is 10.4 Å². The molecule has 0 bridgehead atoms. The van der Waals surface area contributed by atoms with Crippen LogP contribution >= 0.6 is 0 Å². The van der Waals surface area contributed by atoms with Crippen molar-refractivity contribution in [1.82, 2.24) is 9.97 Å². The van der Waals surface area contributed by atoms with E-state index in [4.69, 9.17) is 9.84 Å². The van der Waals surface area contributed by atoms with E-state index in [1.165, 1.54) is 18.6 Å². The third kappa shape index (κ3) is 2.54. The Morgan fingerprint density at radius 2 is 2.18 bits per heavy atom. The number of carboxylic acid groups (broad SMARTS) is 1. The molecule has 0 atom stereocenters. The van der Waals surface area contributed by atoms with Crippen LogP contribution in [0.3, 0.4) is 0 Å². The third-order valence-electron chi connectivity index (χ3n) is 1.93. The van der Waals surface area contributed by atoms with Gasteiger partial charge in [0.05, 0.1) is 6.20 Å². The van der Waals surface area contributed by atoms with Crippen LogP contribution in [0.25, 0.3) is 0 Å². The van der Waals surface area contributed by atoms with Crippen LogP contribution in [0.15, 0.2) is 36.8 Å². The van der Waals surface area contributed by atoms with E-state index in [0.29, 0.717) is 0 Å². The summed E-state index contributed by atoms with van der Waals surface area (Å²) in [6.45, 7) is 0. The molecule has 2 rings (SSSR count). The van der Waals surface area contributed by atoms with Crippen LogP contribution in [0.5, 0.6) is 11.6 Å². The molecule has 2 aromatic rings. The van der Waals surface area contributed by atoms with E-state index in [-0.39, 0.29) is 17.2 Å². The number of rotatable bonds is 3. The predicted octanol–water partition coefficient (Wildman–Crippen LogP) is 2.11. The van der Waals surface area contributed by atoms with Crippen LogP contribution in [-0.4, -0.2) is 21.0 Å². The van der Waals surface area contributed by atoms with Crippen LogP contribution < -0.4 is 4.74 Å². The van der Waals surface area contributed by atoms with E-state index in [1.807, 2.05) is 0 Å². The molecule has 5 nitrogen and oxygen atoms in total. The molecule has 0 aliphatic rings. The van der Waals surface area contributed by atoms with Crippen LogP contribution in [0.4, 0.5) is 4.39 Å². The SMILES string of the molecule is O=C(O)c1ccc(F)cc1Oc1cnccn1. The number of aromatic nitrogens is 2. The van der Waals surface area contributed by atoms with E-state index < -0.39 is 11.8 Å². The first-order valence-corrected chi connectivity index (χ1v) is 4.63. The van der Waals surface area contributed by atoms with Crippen LogP contribution in [-0.2, 0) is 0 Å². The standard InChI is InChI=1S/C11H7FN2O3/c12-7-1-2-8(11(15)16)9(5-7)17-10-6-13-3-4-14-10/h1-6H,(H,15,16). The Bertz CT molecular complexity index is 546. The highest BCUT2D eigenvalue weighted by atomic mass is 19.1. The summed E-state index contributed by atoms with van der Waals surface area (Å²) < 4.78 is 18.2. The number of benzene rings is 1. The quantitative estimate of drug-likeness (QED) is 0.880.